The van der Waals surface area contributed by atoms with Crippen LogP contribution in [0.3, 0.4) is 0 Å². The lowest BCUT2D eigenvalue weighted by Gasteiger charge is -2.21. The summed E-state index contributed by atoms with van der Waals surface area (Å²) in [7, 11) is 0. The molecule has 5 heteroatoms. The molecule has 0 radical (unpaired) electrons. The molecular weight excluding hydrogens is 213 g/mol. The number of nitrogens with two attached hydrogens (primary N) is 1. The summed E-state index contributed by atoms with van der Waals surface area (Å²) in [6, 6.07) is 1.50. The molecule has 82 valence electrons. The predicted molar refractivity (Wildman–Crippen MR) is 59.7 cm³/mol. The third-order valence-corrected chi connectivity index (χ3v) is 4.06. The maximum absolute atomic E-state index is 13.0. The molecule has 0 aliphatic carbocycles. The molecule has 2 atom stereocenters. The number of pyridine rings is 1. The third kappa shape index (κ3) is 2.48. The van der Waals surface area contributed by atoms with Crippen LogP contribution >= 0.6 is 11.8 Å². The molecule has 0 spiro atoms. The molecule has 2 heterocycles. The Bertz CT molecular complexity index is 328. The van der Waals surface area contributed by atoms with Crippen molar-refractivity contribution < 1.29 is 4.39 Å². The Morgan fingerprint density at radius 2 is 2.47 bits per heavy atom. The van der Waals surface area contributed by atoms with Crippen molar-refractivity contribution in [3.63, 3.8) is 0 Å². The van der Waals surface area contributed by atoms with Gasteiger partial charge in [-0.25, -0.2) is 4.39 Å². The largest absolute Gasteiger partial charge is 0.271 e. The monoisotopic (exact) mass is 227 g/mol. The molecule has 0 bridgehead atoms. The second kappa shape index (κ2) is 4.92. The van der Waals surface area contributed by atoms with Crippen LogP contribution in [0.25, 0.3) is 0 Å². The Morgan fingerprint density at radius 1 is 1.60 bits per heavy atom. The maximum atomic E-state index is 13.0. The molecule has 1 aliphatic rings. The first-order chi connectivity index (χ1) is 7.31. The van der Waals surface area contributed by atoms with Gasteiger partial charge in [-0.1, -0.05) is 0 Å². The van der Waals surface area contributed by atoms with Gasteiger partial charge in [0.05, 0.1) is 12.2 Å². The van der Waals surface area contributed by atoms with Gasteiger partial charge in [0.25, 0.3) is 0 Å². The Labute approximate surface area is 92.6 Å². The number of nitrogens with one attached hydrogen (secondary N) is 1. The number of hydrazine groups is 1. The molecule has 2 rings (SSSR count). The van der Waals surface area contributed by atoms with E-state index in [1.165, 1.54) is 18.7 Å². The molecule has 0 aromatic carbocycles. The summed E-state index contributed by atoms with van der Waals surface area (Å²) in [5, 5.41) is 0.429. The van der Waals surface area contributed by atoms with Crippen molar-refractivity contribution >= 4 is 11.8 Å². The van der Waals surface area contributed by atoms with Crippen molar-refractivity contribution in [3.8, 4) is 0 Å². The summed E-state index contributed by atoms with van der Waals surface area (Å²) in [4.78, 5) is 3.84. The van der Waals surface area contributed by atoms with Gasteiger partial charge in [0, 0.05) is 11.4 Å². The number of halogens is 1. The van der Waals surface area contributed by atoms with Crippen molar-refractivity contribution in [2.45, 2.75) is 24.1 Å². The van der Waals surface area contributed by atoms with E-state index in [-0.39, 0.29) is 11.9 Å². The van der Waals surface area contributed by atoms with Gasteiger partial charge in [-0.3, -0.25) is 16.3 Å². The number of thioether (sulfide) groups is 1. The molecule has 1 aromatic heterocycles. The molecule has 1 saturated heterocycles. The highest BCUT2D eigenvalue weighted by Crippen LogP contribution is 2.35. The second-order valence-electron chi connectivity index (χ2n) is 3.63. The zero-order valence-electron chi connectivity index (χ0n) is 8.32. The van der Waals surface area contributed by atoms with Crippen LogP contribution in [-0.4, -0.2) is 16.0 Å². The summed E-state index contributed by atoms with van der Waals surface area (Å²) in [6.07, 6.45) is 5.21. The van der Waals surface area contributed by atoms with Crippen LogP contribution in [0.15, 0.2) is 18.5 Å². The van der Waals surface area contributed by atoms with Crippen LogP contribution in [0, 0.1) is 5.82 Å². The molecule has 3 nitrogen and oxygen atoms in total. The standard InChI is InChI=1S/C10H14FN3S/c11-8-4-7(5-13-6-8)10(14-12)9-2-1-3-15-9/h4-6,9-10,14H,1-3,12H2. The fourth-order valence-electron chi connectivity index (χ4n) is 1.88. The van der Waals surface area contributed by atoms with Crippen molar-refractivity contribution in [1.29, 1.82) is 0 Å². The number of hydrogen-bond acceptors (Lipinski definition) is 4. The van der Waals surface area contributed by atoms with E-state index in [0.717, 1.165) is 17.7 Å². The van der Waals surface area contributed by atoms with Gasteiger partial charge in [0.15, 0.2) is 0 Å². The summed E-state index contributed by atoms with van der Waals surface area (Å²) in [6.45, 7) is 0. The minimum absolute atomic E-state index is 0.000648. The molecule has 0 amide bonds. The molecule has 1 fully saturated rings. The highest BCUT2D eigenvalue weighted by molar-refractivity contribution is 8.00. The average molecular weight is 227 g/mol. The molecule has 1 aromatic rings. The van der Waals surface area contributed by atoms with E-state index in [1.807, 2.05) is 11.8 Å². The Balaban J connectivity index is 2.18. The van der Waals surface area contributed by atoms with Crippen molar-refractivity contribution in [3.05, 3.63) is 29.8 Å². The maximum Gasteiger partial charge on any atom is 0.141 e. The lowest BCUT2D eigenvalue weighted by molar-refractivity contribution is 0.513. The van der Waals surface area contributed by atoms with E-state index in [2.05, 4.69) is 10.4 Å². The third-order valence-electron chi connectivity index (χ3n) is 2.60. The molecule has 15 heavy (non-hydrogen) atoms. The second-order valence-corrected chi connectivity index (χ2v) is 4.98. The van der Waals surface area contributed by atoms with Gasteiger partial charge in [0.1, 0.15) is 5.82 Å². The van der Waals surface area contributed by atoms with Crippen molar-refractivity contribution in [2.75, 3.05) is 5.75 Å². The average Bonchev–Trinajstić information content (AvgIpc) is 2.72. The molecular formula is C10H14FN3S. The van der Waals surface area contributed by atoms with E-state index in [4.69, 9.17) is 5.84 Å². The lowest BCUT2D eigenvalue weighted by Crippen LogP contribution is -2.34. The number of nitrogens with zero attached hydrogens (tertiary/aromatic N) is 1. The number of rotatable bonds is 3. The van der Waals surface area contributed by atoms with E-state index in [9.17, 15) is 4.39 Å². The summed E-state index contributed by atoms with van der Waals surface area (Å²) in [5.74, 6) is 6.37. The molecule has 2 unspecified atom stereocenters. The SMILES string of the molecule is NNC(c1cncc(F)c1)C1CCCS1. The van der Waals surface area contributed by atoms with Gasteiger partial charge < -0.3 is 0 Å². The number of aromatic nitrogens is 1. The normalized spacial score (nSPS) is 22.9. The zero-order valence-corrected chi connectivity index (χ0v) is 9.14. The quantitative estimate of drug-likeness (QED) is 0.608. The fourth-order valence-corrected chi connectivity index (χ4v) is 3.28. The smallest absolute Gasteiger partial charge is 0.141 e. The highest BCUT2D eigenvalue weighted by Gasteiger charge is 2.26. The minimum Gasteiger partial charge on any atom is -0.271 e. The number of hydrogen-bond donors (Lipinski definition) is 2. The Morgan fingerprint density at radius 3 is 3.07 bits per heavy atom. The minimum atomic E-state index is -0.309. The lowest BCUT2D eigenvalue weighted by atomic mass is 10.0. The van der Waals surface area contributed by atoms with Crippen LogP contribution in [-0.2, 0) is 0 Å². The Hall–Kier alpha value is -0.650. The van der Waals surface area contributed by atoms with E-state index in [1.54, 1.807) is 6.20 Å². The van der Waals surface area contributed by atoms with Crippen LogP contribution < -0.4 is 11.3 Å². The summed E-state index contributed by atoms with van der Waals surface area (Å²) >= 11 is 1.88. The van der Waals surface area contributed by atoms with Gasteiger partial charge in [-0.2, -0.15) is 11.8 Å². The topological polar surface area (TPSA) is 50.9 Å². The van der Waals surface area contributed by atoms with Gasteiger partial charge in [-0.05, 0) is 30.2 Å². The van der Waals surface area contributed by atoms with Gasteiger partial charge in [-0.15, -0.1) is 0 Å². The zero-order chi connectivity index (χ0) is 10.7. The van der Waals surface area contributed by atoms with Gasteiger partial charge >= 0.3 is 0 Å². The molecule has 1 aliphatic heterocycles. The van der Waals surface area contributed by atoms with E-state index in [0.29, 0.717) is 5.25 Å². The van der Waals surface area contributed by atoms with Crippen molar-refractivity contribution in [2.24, 2.45) is 5.84 Å². The van der Waals surface area contributed by atoms with Gasteiger partial charge in [0.2, 0.25) is 0 Å². The van der Waals surface area contributed by atoms with Crippen molar-refractivity contribution in [1.82, 2.24) is 10.4 Å². The highest BCUT2D eigenvalue weighted by atomic mass is 32.2. The molecule has 3 N–H and O–H groups in total. The molecule has 0 saturated carbocycles. The predicted octanol–water partition coefficient (Wildman–Crippen LogP) is 1.62. The Kier molecular flexibility index (Phi) is 3.56. The van der Waals surface area contributed by atoms with E-state index >= 15 is 0 Å². The first-order valence-electron chi connectivity index (χ1n) is 4.99. The van der Waals surface area contributed by atoms with Crippen LogP contribution in [0.1, 0.15) is 24.4 Å². The van der Waals surface area contributed by atoms with Crippen LogP contribution in [0.2, 0.25) is 0 Å². The fraction of sp³-hybridized carbons (Fsp3) is 0.500. The summed E-state index contributed by atoms with van der Waals surface area (Å²) in [5.41, 5.74) is 3.59. The van der Waals surface area contributed by atoms with E-state index < -0.39 is 0 Å². The van der Waals surface area contributed by atoms with Crippen LogP contribution in [0.4, 0.5) is 4.39 Å². The first kappa shape index (κ1) is 10.9. The summed E-state index contributed by atoms with van der Waals surface area (Å²) < 4.78 is 13.0. The van der Waals surface area contributed by atoms with Crippen LogP contribution in [0.5, 0.6) is 0 Å². The first-order valence-corrected chi connectivity index (χ1v) is 6.04.